The number of ether oxygens (including phenoxy) is 1. The molecule has 19 heavy (non-hydrogen) atoms. The van der Waals surface area contributed by atoms with E-state index in [1.54, 1.807) is 7.11 Å². The maximum absolute atomic E-state index is 5.06. The average Bonchev–Trinajstić information content (AvgIpc) is 2.75. The van der Waals surface area contributed by atoms with Gasteiger partial charge in [0.1, 0.15) is 5.01 Å². The average molecular weight is 303 g/mol. The van der Waals surface area contributed by atoms with E-state index in [1.165, 1.54) is 15.6 Å². The Morgan fingerprint density at radius 2 is 2.11 bits per heavy atom. The molecule has 1 aromatic rings. The minimum absolute atomic E-state index is 0.115. The first-order chi connectivity index (χ1) is 8.99. The zero-order valence-electron chi connectivity index (χ0n) is 12.7. The molecule has 0 aliphatic rings. The Morgan fingerprint density at radius 1 is 1.37 bits per heavy atom. The molecule has 0 atom stereocenters. The van der Waals surface area contributed by atoms with Crippen LogP contribution in [0.15, 0.2) is 0 Å². The van der Waals surface area contributed by atoms with Crippen molar-refractivity contribution >= 4 is 23.1 Å². The molecule has 0 saturated heterocycles. The molecule has 1 heterocycles. The summed E-state index contributed by atoms with van der Waals surface area (Å²) in [5, 5.41) is 4.67. The van der Waals surface area contributed by atoms with Crippen LogP contribution in [0.2, 0.25) is 0 Å². The fraction of sp³-hybridized carbons (Fsp3) is 0.786. The van der Waals surface area contributed by atoms with Crippen molar-refractivity contribution in [2.75, 3.05) is 26.0 Å². The highest BCUT2D eigenvalue weighted by Gasteiger charge is 2.22. The first-order valence-corrected chi connectivity index (χ1v) is 8.72. The molecular formula is C14H26N2OS2. The van der Waals surface area contributed by atoms with E-state index in [0.717, 1.165) is 31.2 Å². The second kappa shape index (κ2) is 8.25. The lowest BCUT2D eigenvalue weighted by Crippen LogP contribution is -2.21. The molecular weight excluding hydrogens is 276 g/mol. The van der Waals surface area contributed by atoms with Gasteiger partial charge in [0, 0.05) is 36.2 Å². The van der Waals surface area contributed by atoms with E-state index in [4.69, 9.17) is 9.72 Å². The minimum atomic E-state index is 0.115. The number of hydrogen-bond donors (Lipinski definition) is 1. The standard InChI is InChI=1S/C14H26N2OS2/c1-6-18-10-12-16-13(14(2,3)4)11(19-12)9-15-7-8-17-5/h15H,6-10H2,1-5H3. The first-order valence-electron chi connectivity index (χ1n) is 6.75. The quantitative estimate of drug-likeness (QED) is 0.746. The predicted octanol–water partition coefficient (Wildman–Crippen LogP) is 3.43. The molecule has 5 heteroatoms. The number of hydrogen-bond acceptors (Lipinski definition) is 5. The van der Waals surface area contributed by atoms with Crippen LogP contribution in [0.4, 0.5) is 0 Å². The molecule has 0 amide bonds. The zero-order chi connectivity index (χ0) is 14.3. The number of nitrogens with zero attached hydrogens (tertiary/aromatic N) is 1. The van der Waals surface area contributed by atoms with Crippen LogP contribution in [0.3, 0.4) is 0 Å². The fourth-order valence-corrected chi connectivity index (χ4v) is 3.71. The first kappa shape index (κ1) is 17.0. The van der Waals surface area contributed by atoms with Gasteiger partial charge in [-0.1, -0.05) is 27.7 Å². The number of thiazole rings is 1. The summed E-state index contributed by atoms with van der Waals surface area (Å²) in [5.41, 5.74) is 1.36. The molecule has 1 aromatic heterocycles. The Morgan fingerprint density at radius 3 is 2.68 bits per heavy atom. The van der Waals surface area contributed by atoms with Crippen LogP contribution in [-0.4, -0.2) is 31.0 Å². The van der Waals surface area contributed by atoms with Crippen molar-refractivity contribution in [3.05, 3.63) is 15.6 Å². The van der Waals surface area contributed by atoms with E-state index in [0.29, 0.717) is 0 Å². The van der Waals surface area contributed by atoms with Gasteiger partial charge in [-0.25, -0.2) is 4.98 Å². The van der Waals surface area contributed by atoms with Crippen LogP contribution in [-0.2, 0) is 22.4 Å². The lowest BCUT2D eigenvalue weighted by Gasteiger charge is -2.17. The summed E-state index contributed by atoms with van der Waals surface area (Å²) in [6.45, 7) is 11.4. The topological polar surface area (TPSA) is 34.2 Å². The molecule has 110 valence electrons. The van der Waals surface area contributed by atoms with Crippen molar-refractivity contribution in [2.45, 2.75) is 45.4 Å². The number of aromatic nitrogens is 1. The van der Waals surface area contributed by atoms with Crippen LogP contribution in [0, 0.1) is 0 Å². The lowest BCUT2D eigenvalue weighted by atomic mass is 9.91. The molecule has 0 unspecified atom stereocenters. The van der Waals surface area contributed by atoms with Crippen molar-refractivity contribution in [1.82, 2.24) is 10.3 Å². The highest BCUT2D eigenvalue weighted by atomic mass is 32.2. The van der Waals surface area contributed by atoms with Gasteiger partial charge in [0.25, 0.3) is 0 Å². The number of thioether (sulfide) groups is 1. The van der Waals surface area contributed by atoms with Gasteiger partial charge in [-0.3, -0.25) is 0 Å². The maximum Gasteiger partial charge on any atom is 0.103 e. The summed E-state index contributed by atoms with van der Waals surface area (Å²) < 4.78 is 5.06. The highest BCUT2D eigenvalue weighted by molar-refractivity contribution is 7.98. The second-order valence-corrected chi connectivity index (χ2v) is 7.88. The summed E-state index contributed by atoms with van der Waals surface area (Å²) >= 11 is 3.78. The van der Waals surface area contributed by atoms with Crippen molar-refractivity contribution < 1.29 is 4.74 Å². The van der Waals surface area contributed by atoms with Gasteiger partial charge < -0.3 is 10.1 Å². The molecule has 0 radical (unpaired) electrons. The summed E-state index contributed by atoms with van der Waals surface area (Å²) in [5.74, 6) is 2.17. The fourth-order valence-electron chi connectivity index (χ4n) is 1.73. The van der Waals surface area contributed by atoms with Gasteiger partial charge in [-0.15, -0.1) is 11.3 Å². The summed E-state index contributed by atoms with van der Waals surface area (Å²) in [4.78, 5) is 6.21. The van der Waals surface area contributed by atoms with E-state index in [-0.39, 0.29) is 5.41 Å². The molecule has 0 aliphatic heterocycles. The summed E-state index contributed by atoms with van der Waals surface area (Å²) in [6.07, 6.45) is 0. The van der Waals surface area contributed by atoms with Crippen LogP contribution in [0.25, 0.3) is 0 Å². The molecule has 1 rings (SSSR count). The Balaban J connectivity index is 2.72. The van der Waals surface area contributed by atoms with Crippen LogP contribution >= 0.6 is 23.1 Å². The lowest BCUT2D eigenvalue weighted by molar-refractivity contribution is 0.199. The third kappa shape index (κ3) is 5.81. The van der Waals surface area contributed by atoms with E-state index in [1.807, 2.05) is 23.1 Å². The van der Waals surface area contributed by atoms with Crippen LogP contribution in [0.1, 0.15) is 43.3 Å². The van der Waals surface area contributed by atoms with Crippen LogP contribution in [0.5, 0.6) is 0 Å². The van der Waals surface area contributed by atoms with Gasteiger partial charge in [0.15, 0.2) is 0 Å². The molecule has 1 N–H and O–H groups in total. The van der Waals surface area contributed by atoms with Gasteiger partial charge in [0.05, 0.1) is 12.3 Å². The van der Waals surface area contributed by atoms with E-state index >= 15 is 0 Å². The second-order valence-electron chi connectivity index (χ2n) is 5.44. The Kier molecular flexibility index (Phi) is 7.36. The number of methoxy groups -OCH3 is 1. The Bertz CT molecular complexity index is 372. The Labute approximate surface area is 125 Å². The predicted molar refractivity (Wildman–Crippen MR) is 86.2 cm³/mol. The Hall–Kier alpha value is -0.100. The van der Waals surface area contributed by atoms with Gasteiger partial charge in [-0.05, 0) is 5.75 Å². The third-order valence-corrected chi connectivity index (χ3v) is 4.77. The number of rotatable bonds is 8. The summed E-state index contributed by atoms with van der Waals surface area (Å²) in [7, 11) is 1.73. The maximum atomic E-state index is 5.06. The van der Waals surface area contributed by atoms with Crippen molar-refractivity contribution in [1.29, 1.82) is 0 Å². The smallest absolute Gasteiger partial charge is 0.103 e. The van der Waals surface area contributed by atoms with Crippen LogP contribution < -0.4 is 5.32 Å². The van der Waals surface area contributed by atoms with Crippen molar-refractivity contribution in [3.63, 3.8) is 0 Å². The SMILES string of the molecule is CCSCc1nc(C(C)(C)C)c(CNCCOC)s1. The largest absolute Gasteiger partial charge is 0.383 e. The molecule has 3 nitrogen and oxygen atoms in total. The monoisotopic (exact) mass is 302 g/mol. The normalized spacial score (nSPS) is 12.1. The van der Waals surface area contributed by atoms with E-state index in [2.05, 4.69) is 33.0 Å². The molecule has 0 saturated carbocycles. The molecule has 0 fully saturated rings. The van der Waals surface area contributed by atoms with Gasteiger partial charge in [-0.2, -0.15) is 11.8 Å². The molecule has 0 bridgehead atoms. The molecule has 0 aromatic carbocycles. The third-order valence-electron chi connectivity index (χ3n) is 2.65. The summed E-state index contributed by atoms with van der Waals surface area (Å²) in [6, 6.07) is 0. The van der Waals surface area contributed by atoms with Crippen molar-refractivity contribution in [3.8, 4) is 0 Å². The van der Waals surface area contributed by atoms with Gasteiger partial charge >= 0.3 is 0 Å². The highest BCUT2D eigenvalue weighted by Crippen LogP contribution is 2.31. The van der Waals surface area contributed by atoms with Crippen molar-refractivity contribution in [2.24, 2.45) is 0 Å². The van der Waals surface area contributed by atoms with Gasteiger partial charge in [0.2, 0.25) is 0 Å². The molecule has 0 spiro atoms. The number of nitrogens with one attached hydrogen (secondary N) is 1. The molecule has 0 aliphatic carbocycles. The minimum Gasteiger partial charge on any atom is -0.383 e. The zero-order valence-corrected chi connectivity index (χ0v) is 14.3. The van der Waals surface area contributed by atoms with E-state index in [9.17, 15) is 0 Å². The van der Waals surface area contributed by atoms with E-state index < -0.39 is 0 Å².